The molecular weight excluding hydrogens is 262 g/mol. The van der Waals surface area contributed by atoms with Gasteiger partial charge in [0, 0.05) is 24.2 Å². The second-order valence-corrected chi connectivity index (χ2v) is 6.61. The van der Waals surface area contributed by atoms with Crippen LogP contribution in [0.1, 0.15) is 43.8 Å². The highest BCUT2D eigenvalue weighted by atomic mass is 32.2. The topological polar surface area (TPSA) is 60.2 Å². The van der Waals surface area contributed by atoms with Gasteiger partial charge < -0.3 is 14.6 Å². The Morgan fingerprint density at radius 3 is 3.00 bits per heavy atom. The van der Waals surface area contributed by atoms with Gasteiger partial charge in [0.1, 0.15) is 5.60 Å². The van der Waals surface area contributed by atoms with Crippen LogP contribution >= 0.6 is 11.8 Å². The summed E-state index contributed by atoms with van der Waals surface area (Å²) in [6.07, 6.45) is 3.26. The fourth-order valence-corrected chi connectivity index (χ4v) is 4.21. The first-order chi connectivity index (χ1) is 9.23. The Hall–Kier alpha value is -0.590. The number of nitrogens with one attached hydrogen (secondary N) is 1. The molecule has 3 atom stereocenters. The quantitative estimate of drug-likeness (QED) is 0.914. The maximum absolute atomic E-state index is 5.87. The second-order valence-electron chi connectivity index (χ2n) is 5.53. The normalized spacial score (nSPS) is 35.7. The van der Waals surface area contributed by atoms with Crippen LogP contribution in [-0.2, 0) is 10.3 Å². The molecule has 106 valence electrons. The summed E-state index contributed by atoms with van der Waals surface area (Å²) in [6.45, 7) is 2.86. The first-order valence-electron chi connectivity index (χ1n) is 6.96. The monoisotopic (exact) mass is 283 g/mol. The van der Waals surface area contributed by atoms with E-state index in [0.717, 1.165) is 36.8 Å². The van der Waals surface area contributed by atoms with Gasteiger partial charge >= 0.3 is 0 Å². The summed E-state index contributed by atoms with van der Waals surface area (Å²) in [4.78, 5) is 4.63. The number of hydrogen-bond acceptors (Lipinski definition) is 6. The Labute approximate surface area is 117 Å². The second kappa shape index (κ2) is 5.42. The molecule has 0 aliphatic carbocycles. The van der Waals surface area contributed by atoms with E-state index in [1.165, 1.54) is 6.42 Å². The first kappa shape index (κ1) is 13.4. The van der Waals surface area contributed by atoms with Gasteiger partial charge in [-0.2, -0.15) is 16.7 Å². The molecule has 3 unspecified atom stereocenters. The van der Waals surface area contributed by atoms with Gasteiger partial charge in [0.05, 0.1) is 5.92 Å². The Bertz CT molecular complexity index is 431. The number of nitrogens with zero attached hydrogens (tertiary/aromatic N) is 2. The highest BCUT2D eigenvalue weighted by Gasteiger charge is 2.38. The van der Waals surface area contributed by atoms with Crippen molar-refractivity contribution in [3.63, 3.8) is 0 Å². The lowest BCUT2D eigenvalue weighted by atomic mass is 9.95. The number of likely N-dealkylation sites (N-methyl/N-ethyl adjacent to an activating group) is 1. The fraction of sp³-hybridized carbons (Fsp3) is 0.846. The van der Waals surface area contributed by atoms with E-state index in [9.17, 15) is 0 Å². The Morgan fingerprint density at radius 2 is 2.26 bits per heavy atom. The largest absolute Gasteiger partial charge is 0.367 e. The van der Waals surface area contributed by atoms with Crippen molar-refractivity contribution in [1.82, 2.24) is 15.5 Å². The third-order valence-electron chi connectivity index (χ3n) is 4.15. The first-order valence-corrected chi connectivity index (χ1v) is 8.11. The minimum Gasteiger partial charge on any atom is -0.367 e. The molecule has 0 spiro atoms. The van der Waals surface area contributed by atoms with Gasteiger partial charge in [-0.05, 0) is 33.2 Å². The summed E-state index contributed by atoms with van der Waals surface area (Å²) >= 11 is 1.93. The van der Waals surface area contributed by atoms with Crippen molar-refractivity contribution in [2.75, 3.05) is 25.2 Å². The zero-order valence-electron chi connectivity index (χ0n) is 11.5. The van der Waals surface area contributed by atoms with Crippen LogP contribution in [0.2, 0.25) is 0 Å². The summed E-state index contributed by atoms with van der Waals surface area (Å²) in [5, 5.41) is 7.51. The van der Waals surface area contributed by atoms with Crippen LogP contribution in [0.15, 0.2) is 4.52 Å². The van der Waals surface area contributed by atoms with Gasteiger partial charge in [-0.25, -0.2) is 0 Å². The third kappa shape index (κ3) is 2.53. The minimum atomic E-state index is -0.360. The van der Waals surface area contributed by atoms with Crippen LogP contribution in [-0.4, -0.2) is 41.3 Å². The molecule has 1 N–H and O–H groups in total. The summed E-state index contributed by atoms with van der Waals surface area (Å²) in [7, 11) is 1.99. The molecule has 1 aromatic rings. The van der Waals surface area contributed by atoms with Gasteiger partial charge in [0.15, 0.2) is 0 Å². The van der Waals surface area contributed by atoms with E-state index in [0.29, 0.717) is 17.8 Å². The Balaban J connectivity index is 1.79. The van der Waals surface area contributed by atoms with Crippen LogP contribution in [0, 0.1) is 0 Å². The maximum Gasteiger partial charge on any atom is 0.232 e. The molecule has 19 heavy (non-hydrogen) atoms. The van der Waals surface area contributed by atoms with E-state index >= 15 is 0 Å². The predicted octanol–water partition coefficient (Wildman–Crippen LogP) is 1.90. The lowest BCUT2D eigenvalue weighted by Crippen LogP contribution is -2.32. The van der Waals surface area contributed by atoms with Crippen molar-refractivity contribution < 1.29 is 9.26 Å². The van der Waals surface area contributed by atoms with Crippen LogP contribution in [0.5, 0.6) is 0 Å². The molecule has 0 radical (unpaired) electrons. The van der Waals surface area contributed by atoms with Crippen LogP contribution in [0.3, 0.4) is 0 Å². The van der Waals surface area contributed by atoms with Crippen molar-refractivity contribution in [2.24, 2.45) is 0 Å². The zero-order valence-corrected chi connectivity index (χ0v) is 12.3. The molecule has 3 rings (SSSR count). The van der Waals surface area contributed by atoms with E-state index in [2.05, 4.69) is 22.4 Å². The smallest absolute Gasteiger partial charge is 0.232 e. The lowest BCUT2D eigenvalue weighted by Gasteiger charge is -2.30. The molecule has 0 aromatic carbocycles. The van der Waals surface area contributed by atoms with Gasteiger partial charge in [-0.1, -0.05) is 5.16 Å². The van der Waals surface area contributed by atoms with Crippen molar-refractivity contribution in [1.29, 1.82) is 0 Å². The number of ether oxygens (including phenoxy) is 1. The Kier molecular flexibility index (Phi) is 3.82. The summed E-state index contributed by atoms with van der Waals surface area (Å²) in [5.74, 6) is 3.95. The average Bonchev–Trinajstić information content (AvgIpc) is 3.08. The van der Waals surface area contributed by atoms with Crippen LogP contribution < -0.4 is 5.32 Å². The molecule has 2 fully saturated rings. The molecule has 2 aliphatic rings. The fourth-order valence-electron chi connectivity index (χ4n) is 2.79. The minimum absolute atomic E-state index is 0.323. The molecule has 2 saturated heterocycles. The number of hydrogen-bond donors (Lipinski definition) is 1. The van der Waals surface area contributed by atoms with Crippen molar-refractivity contribution >= 4 is 11.8 Å². The lowest BCUT2D eigenvalue weighted by molar-refractivity contribution is -0.0770. The van der Waals surface area contributed by atoms with Crippen molar-refractivity contribution in [3.8, 4) is 0 Å². The zero-order chi connectivity index (χ0) is 13.3. The highest BCUT2D eigenvalue weighted by molar-refractivity contribution is 7.99. The number of rotatable bonds is 3. The summed E-state index contributed by atoms with van der Waals surface area (Å²) < 4.78 is 11.4. The van der Waals surface area contributed by atoms with E-state index in [4.69, 9.17) is 9.26 Å². The average molecular weight is 283 g/mol. The molecule has 0 saturated carbocycles. The van der Waals surface area contributed by atoms with E-state index in [1.54, 1.807) is 0 Å². The van der Waals surface area contributed by atoms with Gasteiger partial charge in [0.2, 0.25) is 11.7 Å². The van der Waals surface area contributed by atoms with E-state index in [-0.39, 0.29) is 5.60 Å². The van der Waals surface area contributed by atoms with E-state index < -0.39 is 0 Å². The molecule has 0 bridgehead atoms. The standard InChI is InChI=1S/C13H21N3O2S/c1-13(5-3-4-6-17-13)12-15-11(18-16-12)9-7-19-8-10(9)14-2/h9-10,14H,3-8H2,1-2H3. The number of thioether (sulfide) groups is 1. The molecule has 1 aromatic heterocycles. The molecule has 5 nitrogen and oxygen atoms in total. The SMILES string of the molecule is CNC1CSCC1c1nc(C2(C)CCCCO2)no1. The van der Waals surface area contributed by atoms with Crippen LogP contribution in [0.4, 0.5) is 0 Å². The molecular formula is C13H21N3O2S. The van der Waals surface area contributed by atoms with Gasteiger partial charge in [-0.3, -0.25) is 0 Å². The van der Waals surface area contributed by atoms with Crippen molar-refractivity contribution in [2.45, 2.75) is 43.7 Å². The Morgan fingerprint density at radius 1 is 1.37 bits per heavy atom. The molecule has 6 heteroatoms. The molecule has 3 heterocycles. The summed E-state index contributed by atoms with van der Waals surface area (Å²) in [5.41, 5.74) is -0.360. The predicted molar refractivity (Wildman–Crippen MR) is 74.4 cm³/mol. The van der Waals surface area contributed by atoms with Gasteiger partial charge in [0.25, 0.3) is 0 Å². The van der Waals surface area contributed by atoms with Crippen LogP contribution in [0.25, 0.3) is 0 Å². The maximum atomic E-state index is 5.87. The highest BCUT2D eigenvalue weighted by Crippen LogP contribution is 2.36. The third-order valence-corrected chi connectivity index (χ3v) is 5.34. The van der Waals surface area contributed by atoms with Crippen molar-refractivity contribution in [3.05, 3.63) is 11.7 Å². The molecule has 2 aliphatic heterocycles. The number of aromatic nitrogens is 2. The summed E-state index contributed by atoms with van der Waals surface area (Å²) in [6, 6.07) is 0.429. The van der Waals surface area contributed by atoms with Gasteiger partial charge in [-0.15, -0.1) is 0 Å². The van der Waals surface area contributed by atoms with E-state index in [1.807, 2.05) is 18.8 Å². The molecule has 0 amide bonds.